The van der Waals surface area contributed by atoms with E-state index in [1.165, 1.54) is 12.1 Å². The van der Waals surface area contributed by atoms with Gasteiger partial charge in [-0.15, -0.1) is 0 Å². The van der Waals surface area contributed by atoms with Crippen molar-refractivity contribution < 1.29 is 14.8 Å². The maximum atomic E-state index is 11.0. The van der Waals surface area contributed by atoms with Gasteiger partial charge in [0, 0.05) is 24.8 Å². The number of nitro groups is 1. The number of piperidine rings is 1. The van der Waals surface area contributed by atoms with Gasteiger partial charge in [-0.2, -0.15) is 0 Å². The Hall–Kier alpha value is -2.15. The predicted octanol–water partition coefficient (Wildman–Crippen LogP) is 1.73. The Morgan fingerprint density at radius 2 is 2.33 bits per heavy atom. The molecule has 2 rings (SSSR count). The number of hydrogen-bond acceptors (Lipinski definition) is 5. The van der Waals surface area contributed by atoms with Crippen molar-refractivity contribution in [2.45, 2.75) is 12.8 Å². The number of carboxylic acids is 1. The highest BCUT2D eigenvalue weighted by molar-refractivity contribution is 5.93. The smallest absolute Gasteiger partial charge is 0.342 e. The van der Waals surface area contributed by atoms with Crippen LogP contribution >= 0.6 is 0 Å². The van der Waals surface area contributed by atoms with Gasteiger partial charge >= 0.3 is 5.97 Å². The average Bonchev–Trinajstić information content (AvgIpc) is 2.47. The summed E-state index contributed by atoms with van der Waals surface area (Å²) in [7, 11) is 1.91. The topological polar surface area (TPSA) is 95.7 Å². The summed E-state index contributed by atoms with van der Waals surface area (Å²) in [4.78, 5) is 23.5. The summed E-state index contributed by atoms with van der Waals surface area (Å²) >= 11 is 0. The lowest BCUT2D eigenvalue weighted by molar-refractivity contribution is -0.385. The summed E-state index contributed by atoms with van der Waals surface area (Å²) in [5.74, 6) is -0.776. The zero-order valence-corrected chi connectivity index (χ0v) is 11.9. The normalized spacial score (nSPS) is 18.5. The molecule has 0 radical (unpaired) electrons. The molecule has 1 unspecified atom stereocenters. The third-order valence-corrected chi connectivity index (χ3v) is 3.79. The van der Waals surface area contributed by atoms with Crippen molar-refractivity contribution in [3.63, 3.8) is 0 Å². The van der Waals surface area contributed by atoms with E-state index in [1.54, 1.807) is 6.07 Å². The Kier molecular flexibility index (Phi) is 4.74. The molecule has 0 aliphatic carbocycles. The molecule has 0 amide bonds. The fraction of sp³-hybridized carbons (Fsp3) is 0.500. The van der Waals surface area contributed by atoms with Gasteiger partial charge < -0.3 is 15.3 Å². The Morgan fingerprint density at radius 1 is 1.57 bits per heavy atom. The van der Waals surface area contributed by atoms with Crippen LogP contribution in [-0.2, 0) is 0 Å². The quantitative estimate of drug-likeness (QED) is 0.634. The van der Waals surface area contributed by atoms with Crippen molar-refractivity contribution in [2.24, 2.45) is 5.92 Å². The molecule has 21 heavy (non-hydrogen) atoms. The minimum atomic E-state index is -1.28. The highest BCUT2D eigenvalue weighted by atomic mass is 16.6. The van der Waals surface area contributed by atoms with Crippen LogP contribution in [0.4, 0.5) is 11.4 Å². The highest BCUT2D eigenvalue weighted by Gasteiger charge is 2.24. The molecule has 1 aromatic carbocycles. The minimum Gasteiger partial charge on any atom is -0.477 e. The predicted molar refractivity (Wildman–Crippen MR) is 78.9 cm³/mol. The zero-order chi connectivity index (χ0) is 15.4. The number of nitrogens with one attached hydrogen (secondary N) is 1. The molecule has 1 aliphatic rings. The Labute approximate surface area is 122 Å². The van der Waals surface area contributed by atoms with Crippen molar-refractivity contribution in [1.82, 2.24) is 5.32 Å². The number of rotatable bonds is 5. The fourth-order valence-corrected chi connectivity index (χ4v) is 2.80. The van der Waals surface area contributed by atoms with E-state index in [1.807, 2.05) is 7.05 Å². The first-order chi connectivity index (χ1) is 10.0. The minimum absolute atomic E-state index is 0.271. The van der Waals surface area contributed by atoms with Gasteiger partial charge in [-0.05, 0) is 44.5 Å². The van der Waals surface area contributed by atoms with Gasteiger partial charge in [0.2, 0.25) is 0 Å². The molecule has 0 bridgehead atoms. The number of benzene rings is 1. The lowest BCUT2D eigenvalue weighted by atomic mass is 9.97. The number of nitrogens with zero attached hydrogens (tertiary/aromatic N) is 2. The van der Waals surface area contributed by atoms with Crippen LogP contribution in [0.2, 0.25) is 0 Å². The van der Waals surface area contributed by atoms with Gasteiger partial charge in [-0.25, -0.2) is 4.79 Å². The SMILES string of the molecule is CNCC1CCCN(c2ccc(C(=O)O)c([N+](=O)[O-])c2)C1. The summed E-state index contributed by atoms with van der Waals surface area (Å²) in [6.45, 7) is 2.57. The van der Waals surface area contributed by atoms with Crippen molar-refractivity contribution in [3.8, 4) is 0 Å². The Bertz CT molecular complexity index is 545. The van der Waals surface area contributed by atoms with E-state index in [0.717, 1.165) is 32.5 Å². The maximum absolute atomic E-state index is 11.0. The third kappa shape index (κ3) is 3.49. The van der Waals surface area contributed by atoms with Crippen LogP contribution in [0, 0.1) is 16.0 Å². The van der Waals surface area contributed by atoms with Crippen LogP contribution in [0.25, 0.3) is 0 Å². The lowest BCUT2D eigenvalue weighted by Gasteiger charge is -2.34. The second-order valence-electron chi connectivity index (χ2n) is 5.28. The van der Waals surface area contributed by atoms with Gasteiger partial charge in [-0.3, -0.25) is 10.1 Å². The molecule has 1 atom stereocenters. The maximum Gasteiger partial charge on any atom is 0.342 e. The number of anilines is 1. The van der Waals surface area contributed by atoms with E-state index in [0.29, 0.717) is 11.6 Å². The molecule has 1 saturated heterocycles. The van der Waals surface area contributed by atoms with Crippen LogP contribution < -0.4 is 10.2 Å². The summed E-state index contributed by atoms with van der Waals surface area (Å²) in [6, 6.07) is 4.33. The molecule has 0 spiro atoms. The van der Waals surface area contributed by atoms with E-state index in [2.05, 4.69) is 10.2 Å². The Morgan fingerprint density at radius 3 is 2.95 bits per heavy atom. The second-order valence-corrected chi connectivity index (χ2v) is 5.28. The second kappa shape index (κ2) is 6.53. The van der Waals surface area contributed by atoms with Gasteiger partial charge in [-0.1, -0.05) is 0 Å². The molecule has 1 aliphatic heterocycles. The largest absolute Gasteiger partial charge is 0.477 e. The third-order valence-electron chi connectivity index (χ3n) is 3.79. The zero-order valence-electron chi connectivity index (χ0n) is 11.9. The number of nitro benzene ring substituents is 1. The van der Waals surface area contributed by atoms with Crippen LogP contribution in [-0.4, -0.2) is 42.7 Å². The summed E-state index contributed by atoms with van der Waals surface area (Å²) in [6.07, 6.45) is 2.16. The fourth-order valence-electron chi connectivity index (χ4n) is 2.80. The van der Waals surface area contributed by atoms with E-state index in [4.69, 9.17) is 5.11 Å². The number of carboxylic acid groups (broad SMARTS) is 1. The highest BCUT2D eigenvalue weighted by Crippen LogP contribution is 2.28. The molecule has 0 aromatic heterocycles. The van der Waals surface area contributed by atoms with Gasteiger partial charge in [0.15, 0.2) is 0 Å². The van der Waals surface area contributed by atoms with E-state index in [9.17, 15) is 14.9 Å². The van der Waals surface area contributed by atoms with Gasteiger partial charge in [0.05, 0.1) is 4.92 Å². The molecule has 0 saturated carbocycles. The molecule has 114 valence electrons. The standard InChI is InChI=1S/C14H19N3O4/c1-15-8-10-3-2-6-16(9-10)11-4-5-12(14(18)19)13(7-11)17(20)21/h4-5,7,10,15H,2-3,6,8-9H2,1H3,(H,18,19). The average molecular weight is 293 g/mol. The Balaban J connectivity index is 2.25. The van der Waals surface area contributed by atoms with Crippen molar-refractivity contribution in [3.05, 3.63) is 33.9 Å². The number of aromatic carboxylic acids is 1. The first kappa shape index (κ1) is 15.2. The molecular formula is C14H19N3O4. The molecule has 7 nitrogen and oxygen atoms in total. The van der Waals surface area contributed by atoms with Crippen LogP contribution in [0.15, 0.2) is 18.2 Å². The molecule has 7 heteroatoms. The molecule has 1 fully saturated rings. The molecule has 1 heterocycles. The van der Waals surface area contributed by atoms with Gasteiger partial charge in [0.1, 0.15) is 5.56 Å². The van der Waals surface area contributed by atoms with Crippen molar-refractivity contribution in [1.29, 1.82) is 0 Å². The van der Waals surface area contributed by atoms with Crippen molar-refractivity contribution in [2.75, 3.05) is 31.6 Å². The molecule has 2 N–H and O–H groups in total. The first-order valence-corrected chi connectivity index (χ1v) is 6.94. The van der Waals surface area contributed by atoms with E-state index in [-0.39, 0.29) is 11.3 Å². The summed E-state index contributed by atoms with van der Waals surface area (Å²) in [5, 5.41) is 23.2. The number of carbonyl (C=O) groups is 1. The summed E-state index contributed by atoms with van der Waals surface area (Å²) in [5.41, 5.74) is 0.0933. The van der Waals surface area contributed by atoms with Crippen LogP contribution in [0.1, 0.15) is 23.2 Å². The van der Waals surface area contributed by atoms with E-state index >= 15 is 0 Å². The summed E-state index contributed by atoms with van der Waals surface area (Å²) < 4.78 is 0. The number of hydrogen-bond donors (Lipinski definition) is 2. The van der Waals surface area contributed by atoms with Gasteiger partial charge in [0.25, 0.3) is 5.69 Å². The first-order valence-electron chi connectivity index (χ1n) is 6.94. The lowest BCUT2D eigenvalue weighted by Crippen LogP contribution is -2.39. The van der Waals surface area contributed by atoms with Crippen LogP contribution in [0.3, 0.4) is 0 Å². The molecule has 1 aromatic rings. The van der Waals surface area contributed by atoms with Crippen molar-refractivity contribution >= 4 is 17.3 Å². The molecular weight excluding hydrogens is 274 g/mol. The monoisotopic (exact) mass is 293 g/mol. The van der Waals surface area contributed by atoms with Crippen LogP contribution in [0.5, 0.6) is 0 Å². The van der Waals surface area contributed by atoms with E-state index < -0.39 is 10.9 Å².